The molecule has 0 N–H and O–H groups in total. The van der Waals surface area contributed by atoms with Crippen LogP contribution in [-0.2, 0) is 4.79 Å². The molecule has 2 heterocycles. The van der Waals surface area contributed by atoms with Crippen molar-refractivity contribution in [1.29, 1.82) is 0 Å². The third kappa shape index (κ3) is 5.80. The van der Waals surface area contributed by atoms with Crippen LogP contribution in [0.2, 0.25) is 0 Å². The second-order valence-electron chi connectivity index (χ2n) is 6.40. The predicted molar refractivity (Wildman–Crippen MR) is 108 cm³/mol. The summed E-state index contributed by atoms with van der Waals surface area (Å²) in [4.78, 5) is 14.8. The van der Waals surface area contributed by atoms with E-state index in [-0.39, 0.29) is 0 Å². The minimum absolute atomic E-state index is 0.322. The first kappa shape index (κ1) is 18.3. The minimum Gasteiger partial charge on any atom is -0.343 e. The van der Waals surface area contributed by atoms with Crippen molar-refractivity contribution in [2.24, 2.45) is 0 Å². The Morgan fingerprint density at radius 3 is 2.69 bits per heavy atom. The first-order valence-electron chi connectivity index (χ1n) is 9.23. The van der Waals surface area contributed by atoms with E-state index < -0.39 is 0 Å². The molecule has 2 nitrogen and oxygen atoms in total. The molecule has 1 aromatic carbocycles. The summed E-state index contributed by atoms with van der Waals surface area (Å²) >= 11 is 1.65. The molecule has 0 atom stereocenters. The van der Waals surface area contributed by atoms with E-state index in [9.17, 15) is 4.79 Å². The van der Waals surface area contributed by atoms with Crippen LogP contribution in [0.25, 0.3) is 0 Å². The van der Waals surface area contributed by atoms with Crippen molar-refractivity contribution >= 4 is 17.2 Å². The molecular weight excluding hydrogens is 338 g/mol. The summed E-state index contributed by atoms with van der Waals surface area (Å²) in [5.74, 6) is 13.2. The van der Waals surface area contributed by atoms with E-state index in [1.54, 1.807) is 11.3 Å². The lowest BCUT2D eigenvalue weighted by molar-refractivity contribution is -0.133. The monoisotopic (exact) mass is 361 g/mol. The van der Waals surface area contributed by atoms with Crippen molar-refractivity contribution in [1.82, 2.24) is 4.90 Å². The van der Waals surface area contributed by atoms with Gasteiger partial charge in [0.25, 0.3) is 0 Å². The summed E-state index contributed by atoms with van der Waals surface area (Å²) in [5, 5.41) is 2.03. The lowest BCUT2D eigenvalue weighted by Gasteiger charge is -2.26. The smallest absolute Gasteiger partial charge is 0.222 e. The van der Waals surface area contributed by atoms with Crippen LogP contribution in [0.4, 0.5) is 0 Å². The highest BCUT2D eigenvalue weighted by molar-refractivity contribution is 7.10. The molecule has 0 saturated carbocycles. The molecule has 0 spiro atoms. The predicted octanol–water partition coefficient (Wildman–Crippen LogP) is 4.68. The van der Waals surface area contributed by atoms with Crippen molar-refractivity contribution in [3.63, 3.8) is 0 Å². The molecule has 0 aliphatic carbocycles. The molecule has 132 valence electrons. The first-order chi connectivity index (χ1) is 12.8. The van der Waals surface area contributed by atoms with Crippen LogP contribution >= 0.6 is 11.3 Å². The summed E-state index contributed by atoms with van der Waals surface area (Å²) < 4.78 is 0. The number of hydrogen-bond acceptors (Lipinski definition) is 2. The molecule has 3 rings (SSSR count). The molecule has 1 aromatic heterocycles. The maximum Gasteiger partial charge on any atom is 0.222 e. The van der Waals surface area contributed by atoms with Gasteiger partial charge in [0.05, 0.1) is 4.88 Å². The summed E-state index contributed by atoms with van der Waals surface area (Å²) in [6.45, 7) is 1.82. The highest BCUT2D eigenvalue weighted by Gasteiger charge is 2.16. The summed E-state index contributed by atoms with van der Waals surface area (Å²) in [6.07, 6.45) is 5.87. The van der Waals surface area contributed by atoms with Gasteiger partial charge in [0.15, 0.2) is 0 Å². The Labute approximate surface area is 160 Å². The molecule has 0 unspecified atom stereocenters. The SMILES string of the molecule is O=C1CCCCN1CCCCC#Cc1cccc(C#Cc2cccs2)c1. The topological polar surface area (TPSA) is 20.3 Å². The lowest BCUT2D eigenvalue weighted by atomic mass is 10.1. The molecular formula is C23H23NOS. The van der Waals surface area contributed by atoms with Crippen LogP contribution in [0.1, 0.15) is 54.5 Å². The molecule has 1 amide bonds. The van der Waals surface area contributed by atoms with Gasteiger partial charge in [-0.05, 0) is 55.3 Å². The molecule has 1 aliphatic heterocycles. The third-order valence-electron chi connectivity index (χ3n) is 4.35. The van der Waals surface area contributed by atoms with Gasteiger partial charge < -0.3 is 4.90 Å². The van der Waals surface area contributed by atoms with Gasteiger partial charge in [0, 0.05) is 37.1 Å². The zero-order chi connectivity index (χ0) is 18.0. The Balaban J connectivity index is 1.44. The highest BCUT2D eigenvalue weighted by Crippen LogP contribution is 2.11. The molecule has 1 saturated heterocycles. The maximum absolute atomic E-state index is 11.7. The van der Waals surface area contributed by atoms with Crippen molar-refractivity contribution < 1.29 is 4.79 Å². The Morgan fingerprint density at radius 1 is 1.00 bits per heavy atom. The largest absolute Gasteiger partial charge is 0.343 e. The number of hydrogen-bond donors (Lipinski definition) is 0. The van der Waals surface area contributed by atoms with Crippen LogP contribution in [0, 0.1) is 23.7 Å². The average Bonchev–Trinajstić information content (AvgIpc) is 3.18. The lowest BCUT2D eigenvalue weighted by Crippen LogP contribution is -2.35. The number of carbonyl (C=O) groups is 1. The molecule has 3 heteroatoms. The number of benzene rings is 1. The van der Waals surface area contributed by atoms with Crippen LogP contribution < -0.4 is 0 Å². The fraction of sp³-hybridized carbons (Fsp3) is 0.348. The van der Waals surface area contributed by atoms with Gasteiger partial charge in [-0.2, -0.15) is 0 Å². The normalized spacial score (nSPS) is 13.5. The minimum atomic E-state index is 0.322. The number of thiophene rings is 1. The molecule has 2 aromatic rings. The number of unbranched alkanes of at least 4 members (excludes halogenated alkanes) is 2. The Kier molecular flexibility index (Phi) is 6.94. The van der Waals surface area contributed by atoms with E-state index in [1.165, 1.54) is 0 Å². The van der Waals surface area contributed by atoms with Gasteiger partial charge in [-0.1, -0.05) is 35.8 Å². The van der Waals surface area contributed by atoms with E-state index >= 15 is 0 Å². The Morgan fingerprint density at radius 2 is 1.88 bits per heavy atom. The molecule has 0 bridgehead atoms. The Bertz CT molecular complexity index is 846. The zero-order valence-corrected chi connectivity index (χ0v) is 15.8. The molecule has 0 radical (unpaired) electrons. The Hall–Kier alpha value is -2.49. The van der Waals surface area contributed by atoms with Gasteiger partial charge in [-0.3, -0.25) is 4.79 Å². The van der Waals surface area contributed by atoms with E-state index in [4.69, 9.17) is 0 Å². The van der Waals surface area contributed by atoms with E-state index in [2.05, 4.69) is 23.7 Å². The van der Waals surface area contributed by atoms with E-state index in [1.807, 2.05) is 46.7 Å². The van der Waals surface area contributed by atoms with E-state index in [0.29, 0.717) is 5.91 Å². The second-order valence-corrected chi connectivity index (χ2v) is 7.35. The van der Waals surface area contributed by atoms with Crippen LogP contribution in [0.3, 0.4) is 0 Å². The van der Waals surface area contributed by atoms with Crippen molar-refractivity contribution in [3.8, 4) is 23.7 Å². The standard InChI is InChI=1S/C23H23NOS/c25-23-13-4-6-17-24(23)16-5-2-1-3-9-20-10-7-11-21(19-20)14-15-22-12-8-18-26-22/h7-8,10-12,18-19H,1-2,4-6,13,16-17H2. The van der Waals surface area contributed by atoms with Gasteiger partial charge in [0.2, 0.25) is 5.91 Å². The van der Waals surface area contributed by atoms with Crippen LogP contribution in [0.5, 0.6) is 0 Å². The summed E-state index contributed by atoms with van der Waals surface area (Å²) in [5.41, 5.74) is 2.00. The van der Waals surface area contributed by atoms with Crippen LogP contribution in [-0.4, -0.2) is 23.9 Å². The van der Waals surface area contributed by atoms with Crippen molar-refractivity contribution in [3.05, 3.63) is 57.8 Å². The average molecular weight is 362 g/mol. The summed E-state index contributed by atoms with van der Waals surface area (Å²) in [7, 11) is 0. The van der Waals surface area contributed by atoms with Crippen LogP contribution in [0.15, 0.2) is 41.8 Å². The third-order valence-corrected chi connectivity index (χ3v) is 5.13. The van der Waals surface area contributed by atoms with Gasteiger partial charge in [-0.15, -0.1) is 11.3 Å². The maximum atomic E-state index is 11.7. The molecule has 26 heavy (non-hydrogen) atoms. The fourth-order valence-electron chi connectivity index (χ4n) is 2.94. The van der Waals surface area contributed by atoms with Crippen molar-refractivity contribution in [2.45, 2.75) is 38.5 Å². The van der Waals surface area contributed by atoms with Gasteiger partial charge >= 0.3 is 0 Å². The van der Waals surface area contributed by atoms with Crippen molar-refractivity contribution in [2.75, 3.05) is 13.1 Å². The second kappa shape index (κ2) is 9.85. The van der Waals surface area contributed by atoms with Gasteiger partial charge in [0.1, 0.15) is 0 Å². The number of amides is 1. The highest BCUT2D eigenvalue weighted by atomic mass is 32.1. The quantitative estimate of drug-likeness (QED) is 0.572. The number of likely N-dealkylation sites (tertiary alicyclic amines) is 1. The number of piperidine rings is 1. The number of nitrogens with zero attached hydrogens (tertiary/aromatic N) is 1. The molecule has 1 aliphatic rings. The first-order valence-corrected chi connectivity index (χ1v) is 10.1. The molecule has 1 fully saturated rings. The fourth-order valence-corrected chi connectivity index (χ4v) is 3.51. The van der Waals surface area contributed by atoms with E-state index in [0.717, 1.165) is 67.6 Å². The van der Waals surface area contributed by atoms with Gasteiger partial charge in [-0.25, -0.2) is 0 Å². The number of carbonyl (C=O) groups excluding carboxylic acids is 1. The number of rotatable bonds is 4. The summed E-state index contributed by atoms with van der Waals surface area (Å²) in [6, 6.07) is 12.1. The zero-order valence-electron chi connectivity index (χ0n) is 15.0.